The zero-order valence-corrected chi connectivity index (χ0v) is 75.8. The van der Waals surface area contributed by atoms with Crippen molar-refractivity contribution >= 4 is 106 Å². The molecular weight excluding hydrogens is 1680 g/mol. The molecule has 0 aliphatic carbocycles. The fraction of sp³-hybridized carbons (Fsp3) is 0.360. The Morgan fingerprint density at radius 1 is 0.336 bits per heavy atom. The van der Waals surface area contributed by atoms with E-state index < -0.39 is 5.97 Å². The third-order valence-corrected chi connectivity index (χ3v) is 24.4. The minimum absolute atomic E-state index is 0. The van der Waals surface area contributed by atoms with Gasteiger partial charge in [0.2, 0.25) is 23.6 Å². The Morgan fingerprint density at radius 2 is 0.568 bits per heavy atom. The van der Waals surface area contributed by atoms with E-state index in [2.05, 4.69) is 14.7 Å². The van der Waals surface area contributed by atoms with Crippen LogP contribution in [0.25, 0.3) is 0 Å². The molecule has 6 aliphatic rings. The fourth-order valence-electron chi connectivity index (χ4n) is 16.7. The van der Waals surface area contributed by atoms with Gasteiger partial charge >= 0.3 is 23.9 Å². The van der Waals surface area contributed by atoms with Crippen LogP contribution in [-0.4, -0.2) is 174 Å². The van der Waals surface area contributed by atoms with Gasteiger partial charge in [0.05, 0.1) is 22.3 Å². The van der Waals surface area contributed by atoms with Gasteiger partial charge in [0, 0.05) is 138 Å². The second-order valence-electron chi connectivity index (χ2n) is 32.1. The molecule has 0 bridgehead atoms. The first kappa shape index (κ1) is 97.0. The average molecular weight is 1800 g/mol. The Morgan fingerprint density at radius 3 is 0.808 bits per heavy atom. The van der Waals surface area contributed by atoms with E-state index in [4.69, 9.17) is 71.1 Å². The number of hydrogen-bond acceptors (Lipinski definition) is 16. The highest BCUT2D eigenvalue weighted by atomic mass is 35.5. The lowest BCUT2D eigenvalue weighted by Gasteiger charge is -2.36. The maximum absolute atomic E-state index is 13.3. The average Bonchev–Trinajstić information content (AvgIpc) is 1.04. The number of halogens is 5. The number of rotatable bonds is 28. The number of benzene rings is 8. The second kappa shape index (κ2) is 48.5. The molecule has 125 heavy (non-hydrogen) atoms. The van der Waals surface area contributed by atoms with Gasteiger partial charge in [0.15, 0.2) is 0 Å². The Hall–Kier alpha value is -10.2. The van der Waals surface area contributed by atoms with Crippen molar-refractivity contribution in [1.82, 2.24) is 34.3 Å². The van der Waals surface area contributed by atoms with Crippen molar-refractivity contribution in [2.24, 2.45) is 5.73 Å². The monoisotopic (exact) mass is 1790 g/mol. The maximum Gasteiger partial charge on any atom is 0.336 e. The molecule has 6 heterocycles. The van der Waals surface area contributed by atoms with E-state index in [1.165, 1.54) is 32.1 Å². The van der Waals surface area contributed by atoms with Crippen LogP contribution in [0, 0.1) is 0 Å². The molecule has 8 aromatic rings. The zero-order valence-electron chi connectivity index (χ0n) is 72.0. The molecule has 6 aliphatic heterocycles. The lowest BCUT2D eigenvalue weighted by molar-refractivity contribution is -0.143. The molecule has 2 N–H and O–H groups in total. The standard InChI is InChI=1S/C27H31ClN2O3.C26H29ClN2O3.C25H29ClN2O3.C22H23ClN2O3.ClH/c1-20-26(27(32)33-19-21-8-4-2-5-9-21)24(22-10-12-23(28)13-11-22)18-25(31)30(20)17-16-29-14-6-3-7-15-29;1-19-25(26(31)32-18-20-7-3-2-4-8-20)23(21-9-11-22(27)12-10-21)17-24(30)29(19)16-15-28-13-5-6-14-28;1-18-24(25(30)31-17-19-8-5-4-6-9-19)22(20-10-12-21(26)13-11-20)16-23(29)28(18)15-7-14-27(2)3;1-15-21(22(27)28-14-16-5-3-2-4-6-16)19(13-20(26)25(15)12-11-24)17-7-9-18(23)10-8-17;/h2,4-5,8-13,24H,3,6-7,14-19H2,1H3;2-4,7-12,23H,5-6,13-18H2,1H3;4-6,8-13,22H,7,14-17H2,1-3H3;2-10,19H,11-14,24H2,1H3;1H. The van der Waals surface area contributed by atoms with E-state index in [-0.39, 0.29) is 130 Å². The van der Waals surface area contributed by atoms with Crippen molar-refractivity contribution < 1.29 is 57.3 Å². The predicted molar refractivity (Wildman–Crippen MR) is 493 cm³/mol. The van der Waals surface area contributed by atoms with Gasteiger partial charge in [-0.05, 0) is 200 Å². The summed E-state index contributed by atoms with van der Waals surface area (Å²) >= 11 is 24.2. The highest BCUT2D eigenvalue weighted by Gasteiger charge is 2.42. The van der Waals surface area contributed by atoms with Crippen LogP contribution in [0.2, 0.25) is 20.1 Å². The largest absolute Gasteiger partial charge is 0.457 e. The molecule has 4 atom stereocenters. The molecule has 0 saturated carbocycles. The summed E-state index contributed by atoms with van der Waals surface area (Å²) in [5.74, 6) is -2.89. The Labute approximate surface area is 761 Å². The molecule has 4 amide bonds. The number of likely N-dealkylation sites (tertiary alicyclic amines) is 2. The molecule has 0 radical (unpaired) electrons. The Kier molecular flexibility index (Phi) is 37.6. The van der Waals surface area contributed by atoms with E-state index in [1.807, 2.05) is 205 Å². The van der Waals surface area contributed by atoms with Gasteiger partial charge < -0.3 is 59.0 Å². The van der Waals surface area contributed by atoms with Crippen LogP contribution in [0.4, 0.5) is 0 Å². The van der Waals surface area contributed by atoms with Gasteiger partial charge in [-0.3, -0.25) is 19.2 Å². The number of esters is 4. The molecule has 20 nitrogen and oxygen atoms in total. The van der Waals surface area contributed by atoms with Crippen LogP contribution in [0.5, 0.6) is 0 Å². The molecule has 2 fully saturated rings. The minimum Gasteiger partial charge on any atom is -0.457 e. The third-order valence-electron chi connectivity index (χ3n) is 23.4. The number of amides is 4. The Bertz CT molecular complexity index is 5070. The van der Waals surface area contributed by atoms with E-state index in [1.54, 1.807) is 75.1 Å². The smallest absolute Gasteiger partial charge is 0.336 e. The highest BCUT2D eigenvalue weighted by molar-refractivity contribution is 6.31. The fourth-order valence-corrected chi connectivity index (χ4v) is 17.2. The number of allylic oxidation sites excluding steroid dienone is 4. The predicted octanol–water partition coefficient (Wildman–Crippen LogP) is 18.6. The van der Waals surface area contributed by atoms with Crippen molar-refractivity contribution in [3.05, 3.63) is 328 Å². The molecule has 660 valence electrons. The van der Waals surface area contributed by atoms with Crippen molar-refractivity contribution in [1.29, 1.82) is 0 Å². The molecule has 0 spiro atoms. The van der Waals surface area contributed by atoms with Crippen molar-refractivity contribution in [2.75, 3.05) is 92.6 Å². The van der Waals surface area contributed by atoms with Gasteiger partial charge in [-0.15, -0.1) is 12.4 Å². The van der Waals surface area contributed by atoms with Crippen LogP contribution < -0.4 is 5.73 Å². The number of carbonyl (C=O) groups excluding carboxylic acids is 8. The first-order valence-corrected chi connectivity index (χ1v) is 44.1. The van der Waals surface area contributed by atoms with Crippen molar-refractivity contribution in [2.45, 2.75) is 142 Å². The first-order valence-electron chi connectivity index (χ1n) is 42.6. The van der Waals surface area contributed by atoms with E-state index in [9.17, 15) is 38.4 Å². The van der Waals surface area contributed by atoms with Crippen molar-refractivity contribution in [3.63, 3.8) is 0 Å². The number of nitrogens with zero attached hydrogens (tertiary/aromatic N) is 7. The van der Waals surface area contributed by atoms with E-state index >= 15 is 0 Å². The van der Waals surface area contributed by atoms with Crippen LogP contribution in [-0.2, 0) is 83.7 Å². The number of ether oxygens (including phenoxy) is 4. The van der Waals surface area contributed by atoms with Crippen LogP contribution in [0.1, 0.15) is 160 Å². The maximum atomic E-state index is 13.3. The highest BCUT2D eigenvalue weighted by Crippen LogP contribution is 2.43. The van der Waals surface area contributed by atoms with Gasteiger partial charge in [-0.1, -0.05) is 223 Å². The summed E-state index contributed by atoms with van der Waals surface area (Å²) in [6.45, 7) is 17.4. The van der Waals surface area contributed by atoms with Gasteiger partial charge in [-0.25, -0.2) is 19.2 Å². The number of nitrogens with two attached hydrogens (primary N) is 1. The normalized spacial score (nSPS) is 18.1. The first-order chi connectivity index (χ1) is 59.9. The van der Waals surface area contributed by atoms with Gasteiger partial charge in [-0.2, -0.15) is 0 Å². The SMILES string of the molecule is CC1=C(C(=O)OCc2ccccc2)C(c2ccc(Cl)cc2)CC(=O)N1CCCN(C)C.CC1=C(C(=O)OCc2ccccc2)C(c2ccc(Cl)cc2)CC(=O)N1CCN.CC1=C(C(=O)OCc2ccccc2)C(c2ccc(Cl)cc2)CC(=O)N1CCN1CCCC1.CC1=C(C(=O)OCc2ccccc2)C(c2ccc(Cl)cc2)CC(=O)N1CCN1CCCCC1.Cl. The topological polar surface area (TPSA) is 222 Å². The van der Waals surface area contributed by atoms with E-state index in [0.717, 1.165) is 96.7 Å². The molecule has 8 aromatic carbocycles. The molecule has 4 unspecified atom stereocenters. The Balaban J connectivity index is 0.000000174. The van der Waals surface area contributed by atoms with E-state index in [0.29, 0.717) is 97.9 Å². The molecule has 14 rings (SSSR count). The lowest BCUT2D eigenvalue weighted by Crippen LogP contribution is -2.43. The third kappa shape index (κ3) is 27.4. The summed E-state index contributed by atoms with van der Waals surface area (Å²) < 4.78 is 22.7. The number of carbonyl (C=O) groups is 8. The lowest BCUT2D eigenvalue weighted by atomic mass is 9.83. The zero-order chi connectivity index (χ0) is 88.2. The molecular formula is C100H113Cl5N8O12. The minimum atomic E-state index is -0.421. The summed E-state index contributed by atoms with van der Waals surface area (Å²) in [6.07, 6.45) is 7.84. The van der Waals surface area contributed by atoms with Gasteiger partial charge in [0.1, 0.15) is 26.4 Å². The number of hydrogen-bond donors (Lipinski definition) is 1. The van der Waals surface area contributed by atoms with Crippen LogP contribution in [0.15, 0.2) is 263 Å². The second-order valence-corrected chi connectivity index (χ2v) is 33.8. The number of piperidine rings is 1. The van der Waals surface area contributed by atoms with Crippen LogP contribution >= 0.6 is 58.8 Å². The molecule has 0 aromatic heterocycles. The summed E-state index contributed by atoms with van der Waals surface area (Å²) in [5.41, 5.74) is 17.7. The summed E-state index contributed by atoms with van der Waals surface area (Å²) in [7, 11) is 4.01. The molecule has 2 saturated heterocycles. The van der Waals surface area contributed by atoms with Gasteiger partial charge in [0.25, 0.3) is 0 Å². The molecule has 25 heteroatoms. The summed E-state index contributed by atoms with van der Waals surface area (Å²) in [6, 6.07) is 67.6. The summed E-state index contributed by atoms with van der Waals surface area (Å²) in [5, 5.41) is 2.46. The summed E-state index contributed by atoms with van der Waals surface area (Å²) in [4.78, 5) is 118. The van der Waals surface area contributed by atoms with Crippen molar-refractivity contribution in [3.8, 4) is 0 Å². The quantitative estimate of drug-likeness (QED) is 0.0356. The van der Waals surface area contributed by atoms with Crippen LogP contribution in [0.3, 0.4) is 0 Å².